The number of anilines is 1. The van der Waals surface area contributed by atoms with Crippen LogP contribution in [0.5, 0.6) is 0 Å². The van der Waals surface area contributed by atoms with Crippen molar-refractivity contribution in [2.45, 2.75) is 25.8 Å². The van der Waals surface area contributed by atoms with Gasteiger partial charge in [-0.05, 0) is 12.8 Å². The van der Waals surface area contributed by atoms with Crippen molar-refractivity contribution in [3.63, 3.8) is 0 Å². The second-order valence-corrected chi connectivity index (χ2v) is 5.07. The van der Waals surface area contributed by atoms with Crippen LogP contribution in [0.2, 0.25) is 0 Å². The summed E-state index contributed by atoms with van der Waals surface area (Å²) in [6.45, 7) is 0.0630. The van der Waals surface area contributed by atoms with Gasteiger partial charge < -0.3 is 15.7 Å². The molecular formula is C13H18N4O4. The minimum atomic E-state index is -0.928. The fourth-order valence-electron chi connectivity index (χ4n) is 2.55. The molecule has 0 aromatic carbocycles. The van der Waals surface area contributed by atoms with Crippen LogP contribution >= 0.6 is 0 Å². The van der Waals surface area contributed by atoms with Gasteiger partial charge >= 0.3 is 5.97 Å². The minimum Gasteiger partial charge on any atom is -0.481 e. The normalized spacial score (nSPS) is 21.0. The van der Waals surface area contributed by atoms with Crippen molar-refractivity contribution >= 4 is 23.5 Å². The Kier molecular flexibility index (Phi) is 4.56. The lowest BCUT2D eigenvalue weighted by atomic mass is 9.95. The van der Waals surface area contributed by atoms with Gasteiger partial charge in [0, 0.05) is 13.2 Å². The fourth-order valence-corrected chi connectivity index (χ4v) is 2.55. The Hall–Kier alpha value is -2.38. The van der Waals surface area contributed by atoms with Crippen molar-refractivity contribution in [3.05, 3.63) is 12.4 Å². The van der Waals surface area contributed by atoms with Crippen molar-refractivity contribution in [1.29, 1.82) is 0 Å². The Labute approximate surface area is 121 Å². The molecule has 0 spiro atoms. The SMILES string of the molecule is CNC(=O)Cn1cc(NC(=O)C2CCCC2C(=O)O)cn1. The molecule has 0 radical (unpaired) electrons. The summed E-state index contributed by atoms with van der Waals surface area (Å²) in [6, 6.07) is 0. The molecular weight excluding hydrogens is 276 g/mol. The van der Waals surface area contributed by atoms with E-state index in [-0.39, 0.29) is 18.4 Å². The standard InChI is InChI=1S/C13H18N4O4/c1-14-11(18)7-17-6-8(5-15-17)16-12(19)9-3-2-4-10(9)13(20)21/h5-6,9-10H,2-4,7H2,1H3,(H,14,18)(H,16,19)(H,20,21). The van der Waals surface area contributed by atoms with Crippen molar-refractivity contribution in [2.75, 3.05) is 12.4 Å². The molecule has 8 heteroatoms. The number of aromatic nitrogens is 2. The number of likely N-dealkylation sites (N-methyl/N-ethyl adjacent to an activating group) is 1. The summed E-state index contributed by atoms with van der Waals surface area (Å²) in [4.78, 5) is 34.4. The van der Waals surface area contributed by atoms with E-state index in [4.69, 9.17) is 5.11 Å². The first-order valence-corrected chi connectivity index (χ1v) is 6.78. The predicted octanol–water partition coefficient (Wildman–Crippen LogP) is 0.0685. The summed E-state index contributed by atoms with van der Waals surface area (Å²) < 4.78 is 1.40. The highest BCUT2D eigenvalue weighted by Crippen LogP contribution is 2.32. The highest BCUT2D eigenvalue weighted by atomic mass is 16.4. The quantitative estimate of drug-likeness (QED) is 0.711. The zero-order valence-electron chi connectivity index (χ0n) is 11.7. The van der Waals surface area contributed by atoms with Gasteiger partial charge in [0.25, 0.3) is 0 Å². The smallest absolute Gasteiger partial charge is 0.307 e. The molecule has 0 saturated heterocycles. The monoisotopic (exact) mass is 294 g/mol. The van der Waals surface area contributed by atoms with Gasteiger partial charge in [0.1, 0.15) is 6.54 Å². The molecule has 1 fully saturated rings. The number of amides is 2. The number of aliphatic carboxylic acids is 1. The third kappa shape index (κ3) is 3.59. The van der Waals surface area contributed by atoms with Crippen LogP contribution in [0.25, 0.3) is 0 Å². The average Bonchev–Trinajstić information content (AvgIpc) is 3.07. The second-order valence-electron chi connectivity index (χ2n) is 5.07. The topological polar surface area (TPSA) is 113 Å². The molecule has 1 aromatic rings. The van der Waals surface area contributed by atoms with Crippen molar-refractivity contribution in [3.8, 4) is 0 Å². The molecule has 2 rings (SSSR count). The Morgan fingerprint density at radius 3 is 2.76 bits per heavy atom. The van der Waals surface area contributed by atoms with E-state index in [1.54, 1.807) is 0 Å². The zero-order chi connectivity index (χ0) is 15.4. The third-order valence-corrected chi connectivity index (χ3v) is 3.66. The van der Waals surface area contributed by atoms with E-state index in [0.717, 1.165) is 6.42 Å². The molecule has 21 heavy (non-hydrogen) atoms. The van der Waals surface area contributed by atoms with Crippen LogP contribution in [0.4, 0.5) is 5.69 Å². The molecule has 0 bridgehead atoms. The first-order chi connectivity index (χ1) is 10.0. The van der Waals surface area contributed by atoms with Crippen molar-refractivity contribution < 1.29 is 19.5 Å². The van der Waals surface area contributed by atoms with Crippen LogP contribution in [-0.4, -0.2) is 39.7 Å². The maximum Gasteiger partial charge on any atom is 0.307 e. The van der Waals surface area contributed by atoms with Gasteiger partial charge in [-0.2, -0.15) is 5.10 Å². The number of hydrogen-bond donors (Lipinski definition) is 3. The summed E-state index contributed by atoms with van der Waals surface area (Å²) in [6.07, 6.45) is 4.83. The van der Waals surface area contributed by atoms with E-state index in [0.29, 0.717) is 18.5 Å². The number of carbonyl (C=O) groups is 3. The third-order valence-electron chi connectivity index (χ3n) is 3.66. The number of nitrogens with one attached hydrogen (secondary N) is 2. The number of rotatable bonds is 5. The number of nitrogens with zero attached hydrogens (tertiary/aromatic N) is 2. The number of hydrogen-bond acceptors (Lipinski definition) is 4. The number of carboxylic acid groups (broad SMARTS) is 1. The van der Waals surface area contributed by atoms with Crippen LogP contribution in [0, 0.1) is 11.8 Å². The summed E-state index contributed by atoms with van der Waals surface area (Å²) >= 11 is 0. The highest BCUT2D eigenvalue weighted by molar-refractivity contribution is 5.95. The van der Waals surface area contributed by atoms with Crippen LogP contribution in [0.1, 0.15) is 19.3 Å². The van der Waals surface area contributed by atoms with E-state index in [2.05, 4.69) is 15.7 Å². The molecule has 2 atom stereocenters. The van der Waals surface area contributed by atoms with Crippen LogP contribution < -0.4 is 10.6 Å². The lowest BCUT2D eigenvalue weighted by Gasteiger charge is -2.14. The van der Waals surface area contributed by atoms with Gasteiger partial charge in [-0.1, -0.05) is 6.42 Å². The molecule has 1 aliphatic carbocycles. The average molecular weight is 294 g/mol. The number of carboxylic acids is 1. The first-order valence-electron chi connectivity index (χ1n) is 6.78. The van der Waals surface area contributed by atoms with Gasteiger partial charge in [-0.15, -0.1) is 0 Å². The lowest BCUT2D eigenvalue weighted by molar-refractivity contribution is -0.145. The molecule has 1 heterocycles. The lowest BCUT2D eigenvalue weighted by Crippen LogP contribution is -2.29. The van der Waals surface area contributed by atoms with E-state index < -0.39 is 17.8 Å². The summed E-state index contributed by atoms with van der Waals surface area (Å²) in [5.41, 5.74) is 0.458. The van der Waals surface area contributed by atoms with E-state index in [1.165, 1.54) is 24.1 Å². The van der Waals surface area contributed by atoms with Gasteiger partial charge in [-0.3, -0.25) is 19.1 Å². The van der Waals surface area contributed by atoms with Gasteiger partial charge in [0.15, 0.2) is 0 Å². The van der Waals surface area contributed by atoms with Gasteiger partial charge in [-0.25, -0.2) is 0 Å². The zero-order valence-corrected chi connectivity index (χ0v) is 11.7. The van der Waals surface area contributed by atoms with Crippen LogP contribution in [0.3, 0.4) is 0 Å². The summed E-state index contributed by atoms with van der Waals surface area (Å²) in [5, 5.41) is 18.2. The largest absolute Gasteiger partial charge is 0.481 e. The molecule has 2 amide bonds. The first kappa shape index (κ1) is 15.0. The maximum absolute atomic E-state index is 12.1. The highest BCUT2D eigenvalue weighted by Gasteiger charge is 2.37. The summed E-state index contributed by atoms with van der Waals surface area (Å²) in [7, 11) is 1.53. The Balaban J connectivity index is 1.96. The van der Waals surface area contributed by atoms with E-state index in [1.807, 2.05) is 0 Å². The molecule has 114 valence electrons. The van der Waals surface area contributed by atoms with E-state index >= 15 is 0 Å². The number of carbonyl (C=O) groups excluding carboxylic acids is 2. The predicted molar refractivity (Wildman–Crippen MR) is 73.4 cm³/mol. The second kappa shape index (κ2) is 6.38. The molecule has 8 nitrogen and oxygen atoms in total. The maximum atomic E-state index is 12.1. The molecule has 1 aliphatic rings. The van der Waals surface area contributed by atoms with Gasteiger partial charge in [0.2, 0.25) is 11.8 Å². The van der Waals surface area contributed by atoms with Gasteiger partial charge in [0.05, 0.1) is 23.7 Å². The summed E-state index contributed by atoms with van der Waals surface area (Å²) in [5.74, 6) is -2.56. The Morgan fingerprint density at radius 1 is 1.38 bits per heavy atom. The fraction of sp³-hybridized carbons (Fsp3) is 0.538. The Bertz CT molecular complexity index is 554. The Morgan fingerprint density at radius 2 is 2.10 bits per heavy atom. The van der Waals surface area contributed by atoms with E-state index in [9.17, 15) is 14.4 Å². The van der Waals surface area contributed by atoms with Crippen LogP contribution in [0.15, 0.2) is 12.4 Å². The van der Waals surface area contributed by atoms with Crippen molar-refractivity contribution in [1.82, 2.24) is 15.1 Å². The molecule has 3 N–H and O–H groups in total. The molecule has 0 aliphatic heterocycles. The minimum absolute atomic E-state index is 0.0630. The van der Waals surface area contributed by atoms with Crippen molar-refractivity contribution in [2.24, 2.45) is 11.8 Å². The molecule has 1 aromatic heterocycles. The molecule has 1 saturated carbocycles. The van der Waals surface area contributed by atoms with Crippen LogP contribution in [-0.2, 0) is 20.9 Å². The molecule has 2 unspecified atom stereocenters.